The van der Waals surface area contributed by atoms with Crippen molar-refractivity contribution < 1.29 is 4.79 Å². The molecule has 0 bridgehead atoms. The third kappa shape index (κ3) is 2.06. The quantitative estimate of drug-likeness (QED) is 0.743. The van der Waals surface area contributed by atoms with Gasteiger partial charge in [-0.05, 0) is 17.7 Å². The van der Waals surface area contributed by atoms with Crippen LogP contribution in [0.2, 0.25) is 0 Å². The molecule has 0 aromatic heterocycles. The zero-order chi connectivity index (χ0) is 13.2. The smallest absolute Gasteiger partial charge is 0.254 e. The van der Waals surface area contributed by atoms with Gasteiger partial charge in [0.25, 0.3) is 5.91 Å². The van der Waals surface area contributed by atoms with Crippen molar-refractivity contribution in [2.75, 3.05) is 4.90 Å². The molecule has 0 spiro atoms. The fraction of sp³-hybridized carbons (Fsp3) is 0.118. The van der Waals surface area contributed by atoms with Gasteiger partial charge in [0.15, 0.2) is 0 Å². The van der Waals surface area contributed by atoms with Crippen LogP contribution in [0.3, 0.4) is 0 Å². The maximum atomic E-state index is 12.3. The van der Waals surface area contributed by atoms with Crippen LogP contribution in [0.1, 0.15) is 18.0 Å². The first kappa shape index (κ1) is 11.7. The van der Waals surface area contributed by atoms with Gasteiger partial charge in [-0.25, -0.2) is 0 Å². The molecule has 0 N–H and O–H groups in total. The fourth-order valence-corrected chi connectivity index (χ4v) is 2.55. The minimum atomic E-state index is 0.0278. The number of amides is 1. The first-order chi connectivity index (χ1) is 9.27. The molecule has 1 aliphatic heterocycles. The average molecular weight is 249 g/mol. The van der Waals surface area contributed by atoms with Crippen molar-refractivity contribution in [1.82, 2.24) is 0 Å². The van der Waals surface area contributed by atoms with E-state index in [9.17, 15) is 4.79 Å². The van der Waals surface area contributed by atoms with Crippen LogP contribution in [0.4, 0.5) is 5.69 Å². The number of para-hydroxylation sites is 1. The van der Waals surface area contributed by atoms with E-state index in [-0.39, 0.29) is 11.9 Å². The first-order valence-electron chi connectivity index (χ1n) is 6.38. The summed E-state index contributed by atoms with van der Waals surface area (Å²) in [6.07, 6.45) is 0.692. The molecule has 0 radical (unpaired) electrons. The Bertz CT molecular complexity index is 604. The van der Waals surface area contributed by atoms with Crippen LogP contribution in [0, 0.1) is 0 Å². The summed E-state index contributed by atoms with van der Waals surface area (Å²) in [6.45, 7) is 3.90. The Morgan fingerprint density at radius 2 is 1.53 bits per heavy atom. The van der Waals surface area contributed by atoms with Crippen molar-refractivity contribution in [2.24, 2.45) is 0 Å². The molecule has 1 saturated heterocycles. The third-order valence-electron chi connectivity index (χ3n) is 3.49. The molecular formula is C17H15NO. The molecule has 2 aromatic rings. The highest BCUT2D eigenvalue weighted by atomic mass is 16.2. The van der Waals surface area contributed by atoms with E-state index >= 15 is 0 Å². The van der Waals surface area contributed by atoms with E-state index in [2.05, 4.69) is 18.7 Å². The van der Waals surface area contributed by atoms with Gasteiger partial charge in [-0.15, -0.1) is 0 Å². The Labute approximate surface area is 113 Å². The van der Waals surface area contributed by atoms with E-state index in [0.29, 0.717) is 12.0 Å². The monoisotopic (exact) mass is 249 g/mol. The van der Waals surface area contributed by atoms with Crippen LogP contribution in [0.15, 0.2) is 72.8 Å². The Balaban J connectivity index is 2.04. The van der Waals surface area contributed by atoms with Crippen molar-refractivity contribution in [2.45, 2.75) is 12.5 Å². The second-order valence-electron chi connectivity index (χ2n) is 4.74. The van der Waals surface area contributed by atoms with Gasteiger partial charge in [-0.1, -0.05) is 55.1 Å². The zero-order valence-corrected chi connectivity index (χ0v) is 10.6. The molecule has 2 heteroatoms. The Kier molecular flexibility index (Phi) is 2.92. The zero-order valence-electron chi connectivity index (χ0n) is 10.6. The molecule has 1 amide bonds. The standard InChI is InChI=1S/C17H15NO/c1-13-12-16(14-8-4-2-5-9-14)18(17(13)19)15-10-6-3-7-11-15/h2-11,16H,1,12H2. The number of carbonyl (C=O) groups is 1. The summed E-state index contributed by atoms with van der Waals surface area (Å²) in [6, 6.07) is 20.0. The molecule has 1 unspecified atom stereocenters. The second kappa shape index (κ2) is 4.73. The second-order valence-corrected chi connectivity index (χ2v) is 4.74. The average Bonchev–Trinajstić information content (AvgIpc) is 2.77. The van der Waals surface area contributed by atoms with Crippen LogP contribution in [-0.4, -0.2) is 5.91 Å². The highest BCUT2D eigenvalue weighted by Gasteiger charge is 2.35. The molecule has 0 saturated carbocycles. The van der Waals surface area contributed by atoms with Gasteiger partial charge in [0.05, 0.1) is 6.04 Å². The van der Waals surface area contributed by atoms with E-state index < -0.39 is 0 Å². The molecule has 1 heterocycles. The Morgan fingerprint density at radius 3 is 2.16 bits per heavy atom. The van der Waals surface area contributed by atoms with Crippen LogP contribution in [-0.2, 0) is 4.79 Å². The van der Waals surface area contributed by atoms with Gasteiger partial charge in [-0.3, -0.25) is 4.79 Å². The number of carbonyl (C=O) groups excluding carboxylic acids is 1. The Morgan fingerprint density at radius 1 is 0.947 bits per heavy atom. The molecular weight excluding hydrogens is 234 g/mol. The number of hydrogen-bond donors (Lipinski definition) is 0. The van der Waals surface area contributed by atoms with Crippen molar-refractivity contribution >= 4 is 11.6 Å². The topological polar surface area (TPSA) is 20.3 Å². The number of nitrogens with zero attached hydrogens (tertiary/aromatic N) is 1. The van der Waals surface area contributed by atoms with Gasteiger partial charge in [0, 0.05) is 17.7 Å². The fourth-order valence-electron chi connectivity index (χ4n) is 2.55. The van der Waals surface area contributed by atoms with E-state index in [1.807, 2.05) is 53.4 Å². The van der Waals surface area contributed by atoms with Crippen LogP contribution >= 0.6 is 0 Å². The van der Waals surface area contributed by atoms with Crippen molar-refractivity contribution in [3.63, 3.8) is 0 Å². The van der Waals surface area contributed by atoms with E-state index in [1.165, 1.54) is 0 Å². The molecule has 2 nitrogen and oxygen atoms in total. The van der Waals surface area contributed by atoms with E-state index in [4.69, 9.17) is 0 Å². The van der Waals surface area contributed by atoms with E-state index in [1.54, 1.807) is 0 Å². The molecule has 1 aliphatic rings. The molecule has 19 heavy (non-hydrogen) atoms. The predicted molar refractivity (Wildman–Crippen MR) is 76.9 cm³/mol. The van der Waals surface area contributed by atoms with Crippen LogP contribution in [0.5, 0.6) is 0 Å². The SMILES string of the molecule is C=C1CC(c2ccccc2)N(c2ccccc2)C1=O. The third-order valence-corrected chi connectivity index (χ3v) is 3.49. The minimum absolute atomic E-state index is 0.0278. The van der Waals surface area contributed by atoms with Gasteiger partial charge in [0.1, 0.15) is 0 Å². The first-order valence-corrected chi connectivity index (χ1v) is 6.38. The van der Waals surface area contributed by atoms with Gasteiger partial charge >= 0.3 is 0 Å². The van der Waals surface area contributed by atoms with E-state index in [0.717, 1.165) is 11.3 Å². The molecule has 94 valence electrons. The normalized spacial score (nSPS) is 18.9. The summed E-state index contributed by atoms with van der Waals surface area (Å²) in [5, 5.41) is 0. The summed E-state index contributed by atoms with van der Waals surface area (Å²) >= 11 is 0. The summed E-state index contributed by atoms with van der Waals surface area (Å²) in [7, 11) is 0. The lowest BCUT2D eigenvalue weighted by atomic mass is 10.0. The predicted octanol–water partition coefficient (Wildman–Crippen LogP) is 3.72. The van der Waals surface area contributed by atoms with Crippen molar-refractivity contribution in [3.8, 4) is 0 Å². The van der Waals surface area contributed by atoms with Crippen LogP contribution in [0.25, 0.3) is 0 Å². The van der Waals surface area contributed by atoms with Gasteiger partial charge in [-0.2, -0.15) is 0 Å². The molecule has 1 atom stereocenters. The molecule has 3 rings (SSSR count). The minimum Gasteiger partial charge on any atom is -0.301 e. The van der Waals surface area contributed by atoms with Gasteiger partial charge in [0.2, 0.25) is 0 Å². The molecule has 0 aliphatic carbocycles. The molecule has 2 aromatic carbocycles. The number of hydrogen-bond acceptors (Lipinski definition) is 1. The largest absolute Gasteiger partial charge is 0.301 e. The number of anilines is 1. The highest BCUT2D eigenvalue weighted by Crippen LogP contribution is 2.38. The summed E-state index contributed by atoms with van der Waals surface area (Å²) < 4.78 is 0. The lowest BCUT2D eigenvalue weighted by Crippen LogP contribution is -2.27. The van der Waals surface area contributed by atoms with Crippen LogP contribution < -0.4 is 4.90 Å². The summed E-state index contributed by atoms with van der Waals surface area (Å²) in [5.74, 6) is 0.0278. The maximum absolute atomic E-state index is 12.3. The Hall–Kier alpha value is -2.35. The lowest BCUT2D eigenvalue weighted by Gasteiger charge is -2.24. The highest BCUT2D eigenvalue weighted by molar-refractivity contribution is 6.08. The number of rotatable bonds is 2. The van der Waals surface area contributed by atoms with Gasteiger partial charge < -0.3 is 4.90 Å². The summed E-state index contributed by atoms with van der Waals surface area (Å²) in [5.41, 5.74) is 2.76. The number of benzene rings is 2. The summed E-state index contributed by atoms with van der Waals surface area (Å²) in [4.78, 5) is 14.2. The van der Waals surface area contributed by atoms with Crippen molar-refractivity contribution in [1.29, 1.82) is 0 Å². The van der Waals surface area contributed by atoms with Crippen molar-refractivity contribution in [3.05, 3.63) is 78.4 Å². The molecule has 1 fully saturated rings. The maximum Gasteiger partial charge on any atom is 0.254 e. The lowest BCUT2D eigenvalue weighted by molar-refractivity contribution is -0.114.